The molecule has 0 aliphatic carbocycles. The van der Waals surface area contributed by atoms with E-state index in [0.29, 0.717) is 11.3 Å². The maximum atomic E-state index is 12.6. The number of aryl methyl sites for hydroxylation is 1. The van der Waals surface area contributed by atoms with Gasteiger partial charge >= 0.3 is 5.97 Å². The summed E-state index contributed by atoms with van der Waals surface area (Å²) in [4.78, 5) is 25.0. The molecule has 0 atom stereocenters. The number of methoxy groups -OCH3 is 1. The van der Waals surface area contributed by atoms with Crippen molar-refractivity contribution < 1.29 is 19.1 Å². The zero-order valence-electron chi connectivity index (χ0n) is 16.1. The highest BCUT2D eigenvalue weighted by Gasteiger charge is 2.17. The van der Waals surface area contributed by atoms with Crippen LogP contribution >= 0.6 is 0 Å². The molecule has 0 fully saturated rings. The lowest BCUT2D eigenvalue weighted by Gasteiger charge is -2.10. The number of carbonyl (C=O) groups excluding carboxylic acids is 2. The van der Waals surface area contributed by atoms with E-state index < -0.39 is 11.9 Å². The molecule has 0 saturated carbocycles. The third-order valence-electron chi connectivity index (χ3n) is 4.32. The van der Waals surface area contributed by atoms with Gasteiger partial charge in [-0.3, -0.25) is 4.79 Å². The van der Waals surface area contributed by atoms with Crippen LogP contribution in [0.4, 0.5) is 0 Å². The van der Waals surface area contributed by atoms with Gasteiger partial charge in [0, 0.05) is 35.3 Å². The van der Waals surface area contributed by atoms with Gasteiger partial charge in [-0.2, -0.15) is 0 Å². The molecule has 6 heteroatoms. The predicted octanol–water partition coefficient (Wildman–Crippen LogP) is 3.52. The van der Waals surface area contributed by atoms with E-state index in [4.69, 9.17) is 9.47 Å². The molecule has 2 aromatic carbocycles. The second kappa shape index (κ2) is 8.43. The summed E-state index contributed by atoms with van der Waals surface area (Å²) in [5, 5.41) is 3.65. The minimum atomic E-state index is -0.586. The van der Waals surface area contributed by atoms with Crippen molar-refractivity contribution in [3.05, 3.63) is 71.6 Å². The largest absolute Gasteiger partial charge is 0.497 e. The minimum Gasteiger partial charge on any atom is -0.497 e. The molecule has 0 bridgehead atoms. The number of benzene rings is 2. The van der Waals surface area contributed by atoms with E-state index >= 15 is 0 Å². The summed E-state index contributed by atoms with van der Waals surface area (Å²) in [7, 11) is 3.49. The Hall–Kier alpha value is -3.54. The molecule has 3 rings (SSSR count). The van der Waals surface area contributed by atoms with Gasteiger partial charge in [-0.05, 0) is 43.3 Å². The monoisotopic (exact) mass is 378 g/mol. The standard InChI is InChI=1S/C22H22N2O4/c1-4-28-22(26)19(23-21(25)15-9-11-17(27-3)12-10-15)13-16-14-24(2)20-8-6-5-7-18(16)20/h5-14H,4H2,1-3H3,(H,23,25)/b19-13-. The third kappa shape index (κ3) is 4.06. The van der Waals surface area contributed by atoms with Crippen LogP contribution in [0.1, 0.15) is 22.8 Å². The Morgan fingerprint density at radius 1 is 1.11 bits per heavy atom. The van der Waals surface area contributed by atoms with E-state index in [-0.39, 0.29) is 12.3 Å². The van der Waals surface area contributed by atoms with Crippen LogP contribution in [0.25, 0.3) is 17.0 Å². The molecule has 0 aliphatic rings. The fourth-order valence-electron chi connectivity index (χ4n) is 2.94. The number of ether oxygens (including phenoxy) is 2. The number of aromatic nitrogens is 1. The highest BCUT2D eigenvalue weighted by atomic mass is 16.5. The van der Waals surface area contributed by atoms with Crippen LogP contribution in [0.2, 0.25) is 0 Å². The number of nitrogens with zero attached hydrogens (tertiary/aromatic N) is 1. The Balaban J connectivity index is 1.95. The van der Waals surface area contributed by atoms with E-state index in [1.54, 1.807) is 44.4 Å². The summed E-state index contributed by atoms with van der Waals surface area (Å²) in [6, 6.07) is 14.5. The van der Waals surface area contributed by atoms with Crippen molar-refractivity contribution in [1.29, 1.82) is 0 Å². The first-order valence-electron chi connectivity index (χ1n) is 8.91. The smallest absolute Gasteiger partial charge is 0.354 e. The van der Waals surface area contributed by atoms with Crippen LogP contribution in [0.5, 0.6) is 5.75 Å². The first-order chi connectivity index (χ1) is 13.5. The van der Waals surface area contributed by atoms with Gasteiger partial charge in [0.25, 0.3) is 5.91 Å². The van der Waals surface area contributed by atoms with Gasteiger partial charge < -0.3 is 19.4 Å². The second-order valence-electron chi connectivity index (χ2n) is 6.17. The van der Waals surface area contributed by atoms with Crippen molar-refractivity contribution in [3.63, 3.8) is 0 Å². The Bertz CT molecular complexity index is 1030. The van der Waals surface area contributed by atoms with Crippen molar-refractivity contribution in [2.45, 2.75) is 6.92 Å². The Labute approximate surface area is 163 Å². The first-order valence-corrected chi connectivity index (χ1v) is 8.91. The molecule has 3 aromatic rings. The molecule has 0 spiro atoms. The fraction of sp³-hybridized carbons (Fsp3) is 0.182. The number of carbonyl (C=O) groups is 2. The molecule has 1 heterocycles. The first kappa shape index (κ1) is 19.2. The van der Waals surface area contributed by atoms with Crippen LogP contribution < -0.4 is 10.1 Å². The summed E-state index contributed by atoms with van der Waals surface area (Å²) >= 11 is 0. The molecular weight excluding hydrogens is 356 g/mol. The maximum Gasteiger partial charge on any atom is 0.354 e. The van der Waals surface area contributed by atoms with Gasteiger partial charge in [-0.15, -0.1) is 0 Å². The zero-order chi connectivity index (χ0) is 20.1. The van der Waals surface area contributed by atoms with Gasteiger partial charge in [0.15, 0.2) is 0 Å². The van der Waals surface area contributed by atoms with Crippen molar-refractivity contribution >= 4 is 28.9 Å². The molecule has 0 radical (unpaired) electrons. The van der Waals surface area contributed by atoms with Crippen molar-refractivity contribution in [2.24, 2.45) is 7.05 Å². The third-order valence-corrected chi connectivity index (χ3v) is 4.32. The highest BCUT2D eigenvalue weighted by molar-refractivity contribution is 6.04. The average molecular weight is 378 g/mol. The lowest BCUT2D eigenvalue weighted by molar-refractivity contribution is -0.138. The number of hydrogen-bond acceptors (Lipinski definition) is 4. The van der Waals surface area contributed by atoms with Crippen molar-refractivity contribution in [1.82, 2.24) is 9.88 Å². The molecule has 144 valence electrons. The maximum absolute atomic E-state index is 12.6. The summed E-state index contributed by atoms with van der Waals surface area (Å²) in [6.07, 6.45) is 3.55. The topological polar surface area (TPSA) is 69.6 Å². The fourth-order valence-corrected chi connectivity index (χ4v) is 2.94. The van der Waals surface area contributed by atoms with Gasteiger partial charge in [0.05, 0.1) is 13.7 Å². The van der Waals surface area contributed by atoms with E-state index in [9.17, 15) is 9.59 Å². The molecule has 1 N–H and O–H groups in total. The number of fused-ring (bicyclic) bond motifs is 1. The molecule has 1 aromatic heterocycles. The molecule has 0 aliphatic heterocycles. The highest BCUT2D eigenvalue weighted by Crippen LogP contribution is 2.22. The number of amides is 1. The van der Waals surface area contributed by atoms with Gasteiger partial charge in [-0.25, -0.2) is 4.79 Å². The van der Waals surface area contributed by atoms with Gasteiger partial charge in [0.2, 0.25) is 0 Å². The molecule has 0 unspecified atom stereocenters. The van der Waals surface area contributed by atoms with E-state index in [2.05, 4.69) is 5.32 Å². The number of nitrogens with one attached hydrogen (secondary N) is 1. The predicted molar refractivity (Wildman–Crippen MR) is 108 cm³/mol. The van der Waals surface area contributed by atoms with Crippen molar-refractivity contribution in [2.75, 3.05) is 13.7 Å². The Kier molecular flexibility index (Phi) is 5.79. The van der Waals surface area contributed by atoms with E-state index in [0.717, 1.165) is 16.5 Å². The summed E-state index contributed by atoms with van der Waals surface area (Å²) in [5.41, 5.74) is 2.34. The van der Waals surface area contributed by atoms with Crippen LogP contribution in [-0.2, 0) is 16.6 Å². The number of esters is 1. The Morgan fingerprint density at radius 2 is 1.82 bits per heavy atom. The number of rotatable bonds is 6. The van der Waals surface area contributed by atoms with Gasteiger partial charge in [0.1, 0.15) is 11.4 Å². The summed E-state index contributed by atoms with van der Waals surface area (Å²) < 4.78 is 12.2. The van der Waals surface area contributed by atoms with E-state index in [1.165, 1.54) is 0 Å². The van der Waals surface area contributed by atoms with Gasteiger partial charge in [-0.1, -0.05) is 18.2 Å². The number of hydrogen-bond donors (Lipinski definition) is 1. The lowest BCUT2D eigenvalue weighted by atomic mass is 10.1. The van der Waals surface area contributed by atoms with Crippen molar-refractivity contribution in [3.8, 4) is 5.75 Å². The summed E-state index contributed by atoms with van der Waals surface area (Å²) in [5.74, 6) is -0.340. The van der Waals surface area contributed by atoms with Crippen LogP contribution in [-0.4, -0.2) is 30.2 Å². The van der Waals surface area contributed by atoms with E-state index in [1.807, 2.05) is 42.1 Å². The normalized spacial score (nSPS) is 11.3. The molecule has 1 amide bonds. The number of para-hydroxylation sites is 1. The van der Waals surface area contributed by atoms with Crippen LogP contribution in [0, 0.1) is 0 Å². The average Bonchev–Trinajstić information content (AvgIpc) is 3.03. The molecule has 6 nitrogen and oxygen atoms in total. The van der Waals surface area contributed by atoms with Crippen LogP contribution in [0.15, 0.2) is 60.4 Å². The molecule has 0 saturated heterocycles. The summed E-state index contributed by atoms with van der Waals surface area (Å²) in [6.45, 7) is 1.93. The Morgan fingerprint density at radius 3 is 2.50 bits per heavy atom. The molecular formula is C22H22N2O4. The SMILES string of the molecule is CCOC(=O)/C(=C/c1cn(C)c2ccccc12)NC(=O)c1ccc(OC)cc1. The second-order valence-corrected chi connectivity index (χ2v) is 6.17. The molecule has 28 heavy (non-hydrogen) atoms. The zero-order valence-corrected chi connectivity index (χ0v) is 16.1. The quantitative estimate of drug-likeness (QED) is 0.526. The van der Waals surface area contributed by atoms with Crippen LogP contribution in [0.3, 0.4) is 0 Å². The lowest BCUT2D eigenvalue weighted by Crippen LogP contribution is -2.28. The minimum absolute atomic E-state index is 0.0824.